The van der Waals surface area contributed by atoms with Crippen LogP contribution in [0.3, 0.4) is 0 Å². The van der Waals surface area contributed by atoms with E-state index in [1.807, 2.05) is 12.1 Å². The van der Waals surface area contributed by atoms with Gasteiger partial charge in [0.1, 0.15) is 31.0 Å². The molecule has 1 aliphatic heterocycles. The summed E-state index contributed by atoms with van der Waals surface area (Å²) in [4.78, 5) is 65.9. The zero-order chi connectivity index (χ0) is 37.0. The molecular weight excluding hydrogens is 689 g/mol. The van der Waals surface area contributed by atoms with Gasteiger partial charge in [-0.25, -0.2) is 14.4 Å². The van der Waals surface area contributed by atoms with Crippen molar-refractivity contribution in [2.75, 3.05) is 18.9 Å². The van der Waals surface area contributed by atoms with Crippen LogP contribution in [0.25, 0.3) is 0 Å². The molecule has 4 aromatic carbocycles. The molecule has 0 bridgehead atoms. The van der Waals surface area contributed by atoms with Crippen molar-refractivity contribution >= 4 is 52.7 Å². The van der Waals surface area contributed by atoms with Gasteiger partial charge in [-0.3, -0.25) is 19.8 Å². The summed E-state index contributed by atoms with van der Waals surface area (Å²) in [5.74, 6) is -1.23. The van der Waals surface area contributed by atoms with Crippen molar-refractivity contribution in [3.05, 3.63) is 142 Å². The van der Waals surface area contributed by atoms with Crippen LogP contribution in [0.2, 0.25) is 0 Å². The Labute approximate surface area is 304 Å². The number of hydrogen-bond donors (Lipinski definition) is 3. The molecule has 0 saturated carbocycles. The number of carbonyl (C=O) groups is 4. The summed E-state index contributed by atoms with van der Waals surface area (Å²) in [5.41, 5.74) is 3.01. The summed E-state index contributed by atoms with van der Waals surface area (Å²) < 4.78 is 10.8. The van der Waals surface area contributed by atoms with Crippen molar-refractivity contribution < 1.29 is 33.6 Å². The lowest BCUT2D eigenvalue weighted by Gasteiger charge is -2.20. The van der Waals surface area contributed by atoms with Gasteiger partial charge in [0.2, 0.25) is 0 Å². The van der Waals surface area contributed by atoms with Crippen molar-refractivity contribution in [1.29, 1.82) is 0 Å². The minimum atomic E-state index is -1.21. The molecule has 0 radical (unpaired) electrons. The Bertz CT molecular complexity index is 1910. The van der Waals surface area contributed by atoms with Crippen LogP contribution in [0.1, 0.15) is 34.7 Å². The molecule has 1 heterocycles. The highest BCUT2D eigenvalue weighted by atomic mass is 32.1. The molecule has 5 rings (SSSR count). The molecule has 0 aromatic heterocycles. The molecule has 1 saturated heterocycles. The average Bonchev–Trinajstić information content (AvgIpc) is 3.37. The number of para-hydroxylation sites is 2. The Balaban J connectivity index is 1.19. The largest absolute Gasteiger partial charge is 0.459 e. The molecule has 52 heavy (non-hydrogen) atoms. The quantitative estimate of drug-likeness (QED) is 0.0497. The molecule has 0 spiro atoms. The van der Waals surface area contributed by atoms with E-state index >= 15 is 0 Å². The summed E-state index contributed by atoms with van der Waals surface area (Å²) >= 11 is 5.31. The van der Waals surface area contributed by atoms with Crippen LogP contribution in [-0.4, -0.2) is 63.5 Å². The van der Waals surface area contributed by atoms with E-state index in [2.05, 4.69) is 16.0 Å². The van der Waals surface area contributed by atoms with Gasteiger partial charge in [0.05, 0.1) is 4.92 Å². The van der Waals surface area contributed by atoms with Gasteiger partial charge in [0, 0.05) is 26.2 Å². The Morgan fingerprint density at radius 2 is 1.44 bits per heavy atom. The summed E-state index contributed by atoms with van der Waals surface area (Å²) in [6, 6.07) is 28.5. The second-order valence-corrected chi connectivity index (χ2v) is 12.2. The number of alkyl carbamates (subject to hydrolysis) is 1. The minimum absolute atomic E-state index is 0.0229. The van der Waals surface area contributed by atoms with Gasteiger partial charge < -0.3 is 30.3 Å². The summed E-state index contributed by atoms with van der Waals surface area (Å²) in [6.07, 6.45) is -0.969. The lowest BCUT2D eigenvalue weighted by Crippen LogP contribution is -2.45. The lowest BCUT2D eigenvalue weighted by molar-refractivity contribution is -0.383. The molecule has 2 atom stereocenters. The maximum atomic E-state index is 13.6. The third-order valence-corrected chi connectivity index (χ3v) is 8.42. The standard InChI is InChI=1S/C37H36N6O8S/c1-41-32(28-18-16-25(17-19-28)22-38-35(52)39-29-14-8-9-15-31(29)43(48)49)33(44)42(37(41)47)21-20-30(34(45)50-23-26-10-4-2-5-11-26)40-36(46)51-24-27-12-6-3-7-13-27/h2-19,30,32H,20-24H2,1H3,(H,40,46)(H2,38,39,52). The number of rotatable bonds is 14. The normalized spacial score (nSPS) is 14.4. The smallest absolute Gasteiger partial charge is 0.408 e. The number of nitro groups is 1. The molecule has 3 N–H and O–H groups in total. The maximum absolute atomic E-state index is 13.6. The van der Waals surface area contributed by atoms with Crippen molar-refractivity contribution in [1.82, 2.24) is 20.4 Å². The zero-order valence-electron chi connectivity index (χ0n) is 28.1. The first-order valence-electron chi connectivity index (χ1n) is 16.2. The Morgan fingerprint density at radius 3 is 2.08 bits per heavy atom. The number of imide groups is 1. The molecule has 2 unspecified atom stereocenters. The molecule has 0 aliphatic carbocycles. The van der Waals surface area contributed by atoms with Crippen LogP contribution in [0.4, 0.5) is 21.0 Å². The number of esters is 1. The number of hydrogen-bond acceptors (Lipinski definition) is 9. The topological polar surface area (TPSA) is 172 Å². The van der Waals surface area contributed by atoms with Crippen LogP contribution in [0.5, 0.6) is 0 Å². The number of carbonyl (C=O) groups excluding carboxylic acids is 4. The van der Waals surface area contributed by atoms with Gasteiger partial charge in [0.25, 0.3) is 11.6 Å². The third kappa shape index (κ3) is 9.66. The van der Waals surface area contributed by atoms with E-state index in [1.165, 1.54) is 18.0 Å². The molecule has 4 aromatic rings. The Kier molecular flexibility index (Phi) is 12.5. The first-order chi connectivity index (χ1) is 25.1. The molecule has 15 heteroatoms. The second-order valence-electron chi connectivity index (χ2n) is 11.8. The Morgan fingerprint density at radius 1 is 0.846 bits per heavy atom. The number of thiocarbonyl (C=S) groups is 1. The van der Waals surface area contributed by atoms with Crippen LogP contribution in [0, 0.1) is 10.1 Å². The van der Waals surface area contributed by atoms with Crippen LogP contribution >= 0.6 is 12.2 Å². The molecule has 14 nitrogen and oxygen atoms in total. The van der Waals surface area contributed by atoms with E-state index in [1.54, 1.807) is 91.0 Å². The first kappa shape index (κ1) is 36.9. The number of urea groups is 1. The molecule has 1 aliphatic rings. The number of anilines is 1. The van der Waals surface area contributed by atoms with Crippen molar-refractivity contribution in [2.45, 2.75) is 38.3 Å². The van der Waals surface area contributed by atoms with Gasteiger partial charge in [-0.2, -0.15) is 0 Å². The van der Waals surface area contributed by atoms with E-state index in [0.717, 1.165) is 21.6 Å². The van der Waals surface area contributed by atoms with Crippen LogP contribution in [-0.2, 0) is 38.8 Å². The fraction of sp³-hybridized carbons (Fsp3) is 0.216. The van der Waals surface area contributed by atoms with Crippen molar-refractivity contribution in [2.24, 2.45) is 0 Å². The summed E-state index contributed by atoms with van der Waals surface area (Å²) in [5, 5.41) is 19.8. The highest BCUT2D eigenvalue weighted by Crippen LogP contribution is 2.30. The number of amides is 4. The first-order valence-corrected chi connectivity index (χ1v) is 16.6. The van der Waals surface area contributed by atoms with Gasteiger partial charge in [-0.15, -0.1) is 0 Å². The predicted octanol–water partition coefficient (Wildman–Crippen LogP) is 5.45. The number of nitrogens with zero attached hydrogens (tertiary/aromatic N) is 3. The van der Waals surface area contributed by atoms with Gasteiger partial charge >= 0.3 is 18.1 Å². The molecule has 1 fully saturated rings. The van der Waals surface area contributed by atoms with Gasteiger partial charge in [-0.05, 0) is 47.0 Å². The summed E-state index contributed by atoms with van der Waals surface area (Å²) in [7, 11) is 1.51. The third-order valence-electron chi connectivity index (χ3n) is 8.17. The number of nitro benzene ring substituents is 1. The monoisotopic (exact) mass is 724 g/mol. The highest BCUT2D eigenvalue weighted by molar-refractivity contribution is 7.80. The maximum Gasteiger partial charge on any atom is 0.408 e. The molecular formula is C37H36N6O8S. The van der Waals surface area contributed by atoms with E-state index in [4.69, 9.17) is 21.7 Å². The van der Waals surface area contributed by atoms with Crippen molar-refractivity contribution in [3.63, 3.8) is 0 Å². The second kappa shape index (κ2) is 17.5. The average molecular weight is 725 g/mol. The lowest BCUT2D eigenvalue weighted by atomic mass is 10.0. The van der Waals surface area contributed by atoms with E-state index in [9.17, 15) is 29.3 Å². The van der Waals surface area contributed by atoms with Crippen molar-refractivity contribution in [3.8, 4) is 0 Å². The number of ether oxygens (including phenoxy) is 2. The van der Waals surface area contributed by atoms with Crippen LogP contribution < -0.4 is 16.0 Å². The van der Waals surface area contributed by atoms with Gasteiger partial charge in [0.15, 0.2) is 5.11 Å². The Hall–Kier alpha value is -6.35. The highest BCUT2D eigenvalue weighted by Gasteiger charge is 2.44. The fourth-order valence-electron chi connectivity index (χ4n) is 5.43. The van der Waals surface area contributed by atoms with E-state index < -0.39 is 41.0 Å². The molecule has 4 amide bonds. The fourth-order valence-corrected chi connectivity index (χ4v) is 5.61. The number of benzene rings is 4. The van der Waals surface area contributed by atoms with Gasteiger partial charge in [-0.1, -0.05) is 97.1 Å². The van der Waals surface area contributed by atoms with Crippen LogP contribution in [0.15, 0.2) is 109 Å². The summed E-state index contributed by atoms with van der Waals surface area (Å²) in [6.45, 7) is 0.0565. The molecule has 268 valence electrons. The zero-order valence-corrected chi connectivity index (χ0v) is 28.9. The SMILES string of the molecule is CN1C(=O)N(CCC(NC(=O)OCc2ccccc2)C(=O)OCc2ccccc2)C(=O)C1c1ccc(CNC(=S)Nc2ccccc2[N+](=O)[O-])cc1. The van der Waals surface area contributed by atoms with E-state index in [-0.39, 0.29) is 49.2 Å². The number of likely N-dealkylation sites (N-methyl/N-ethyl adjacent to an activating group) is 1. The van der Waals surface area contributed by atoms with E-state index in [0.29, 0.717) is 5.56 Å². The number of nitrogens with one attached hydrogen (secondary N) is 3. The predicted molar refractivity (Wildman–Crippen MR) is 195 cm³/mol. The minimum Gasteiger partial charge on any atom is -0.459 e.